The fraction of sp³-hybridized carbons (Fsp3) is 0.400. The number of benzene rings is 1. The molecule has 136 valence electrons. The van der Waals surface area contributed by atoms with Gasteiger partial charge < -0.3 is 4.90 Å². The maximum atomic E-state index is 13.2. The molecule has 2 saturated heterocycles. The number of rotatable bonds is 3. The molecule has 1 amide bonds. The second-order valence-electron chi connectivity index (χ2n) is 6.99. The van der Waals surface area contributed by atoms with Crippen molar-refractivity contribution in [3.05, 3.63) is 54.0 Å². The maximum Gasteiger partial charge on any atom is 0.241 e. The second-order valence-corrected chi connectivity index (χ2v) is 6.99. The van der Waals surface area contributed by atoms with Crippen molar-refractivity contribution in [3.8, 4) is 11.3 Å². The van der Waals surface area contributed by atoms with Gasteiger partial charge in [-0.05, 0) is 55.7 Å². The highest BCUT2D eigenvalue weighted by atomic mass is 19.1. The number of carbonyl (C=O) groups excluding carboxylic acids is 1. The van der Waals surface area contributed by atoms with Crippen LogP contribution in [0.25, 0.3) is 11.3 Å². The van der Waals surface area contributed by atoms with Crippen LogP contribution in [0.4, 0.5) is 4.39 Å². The van der Waals surface area contributed by atoms with E-state index < -0.39 is 0 Å². The van der Waals surface area contributed by atoms with E-state index in [0.29, 0.717) is 6.54 Å². The predicted octanol–water partition coefficient (Wildman–Crippen LogP) is 2.46. The van der Waals surface area contributed by atoms with Gasteiger partial charge in [0.15, 0.2) is 0 Å². The average Bonchev–Trinajstić information content (AvgIpc) is 3.23. The van der Waals surface area contributed by atoms with E-state index in [1.54, 1.807) is 12.1 Å². The lowest BCUT2D eigenvalue weighted by atomic mass is 9.93. The smallest absolute Gasteiger partial charge is 0.241 e. The van der Waals surface area contributed by atoms with Gasteiger partial charge in [0.05, 0.1) is 5.69 Å². The molecule has 1 aromatic carbocycles. The molecule has 2 aromatic rings. The van der Waals surface area contributed by atoms with Crippen molar-refractivity contribution in [1.29, 1.82) is 0 Å². The third-order valence-electron chi connectivity index (χ3n) is 5.19. The topological polar surface area (TPSA) is 57.3 Å². The van der Waals surface area contributed by atoms with Crippen LogP contribution >= 0.6 is 0 Å². The summed E-state index contributed by atoms with van der Waals surface area (Å²) in [5, 5.41) is 0. The van der Waals surface area contributed by atoms with Crippen LogP contribution in [-0.4, -0.2) is 41.5 Å². The van der Waals surface area contributed by atoms with E-state index >= 15 is 0 Å². The average molecular weight is 354 g/mol. The highest BCUT2D eigenvalue weighted by Crippen LogP contribution is 2.28. The molecule has 0 saturated carbocycles. The van der Waals surface area contributed by atoms with Gasteiger partial charge >= 0.3 is 0 Å². The molecule has 0 spiro atoms. The van der Waals surface area contributed by atoms with Gasteiger partial charge in [0.1, 0.15) is 11.9 Å². The zero-order valence-electron chi connectivity index (χ0n) is 14.6. The van der Waals surface area contributed by atoms with Crippen LogP contribution in [-0.2, 0) is 4.79 Å². The van der Waals surface area contributed by atoms with Gasteiger partial charge in [-0.25, -0.2) is 9.82 Å². The summed E-state index contributed by atoms with van der Waals surface area (Å²) in [6.07, 6.45) is 2.84. The first-order valence-electron chi connectivity index (χ1n) is 9.21. The molecule has 2 atom stereocenters. The van der Waals surface area contributed by atoms with E-state index in [0.717, 1.165) is 49.3 Å². The lowest BCUT2D eigenvalue weighted by molar-refractivity contribution is -0.134. The van der Waals surface area contributed by atoms with Crippen molar-refractivity contribution < 1.29 is 9.18 Å². The third-order valence-corrected chi connectivity index (χ3v) is 5.19. The monoisotopic (exact) mass is 354 g/mol. The van der Waals surface area contributed by atoms with Gasteiger partial charge in [-0.3, -0.25) is 15.2 Å². The Morgan fingerprint density at radius 2 is 2.00 bits per heavy atom. The highest BCUT2D eigenvalue weighted by Gasteiger charge is 2.31. The number of hydrazine groups is 1. The third kappa shape index (κ3) is 3.61. The van der Waals surface area contributed by atoms with Gasteiger partial charge in [-0.2, -0.15) is 0 Å². The number of pyridine rings is 1. The van der Waals surface area contributed by atoms with E-state index in [1.165, 1.54) is 12.1 Å². The molecule has 0 aliphatic carbocycles. The van der Waals surface area contributed by atoms with Crippen molar-refractivity contribution in [2.24, 2.45) is 0 Å². The zero-order chi connectivity index (χ0) is 17.9. The van der Waals surface area contributed by atoms with Crippen LogP contribution in [0.5, 0.6) is 0 Å². The van der Waals surface area contributed by atoms with E-state index in [4.69, 9.17) is 4.98 Å². The minimum absolute atomic E-state index is 0.118. The van der Waals surface area contributed by atoms with Crippen LogP contribution in [0.15, 0.2) is 42.5 Å². The lowest BCUT2D eigenvalue weighted by Gasteiger charge is -2.34. The Kier molecular flexibility index (Phi) is 4.95. The van der Waals surface area contributed by atoms with Crippen molar-refractivity contribution in [1.82, 2.24) is 20.7 Å². The van der Waals surface area contributed by atoms with Crippen LogP contribution in [0.1, 0.15) is 30.9 Å². The Bertz CT molecular complexity index is 774. The number of nitrogens with zero attached hydrogens (tertiary/aromatic N) is 2. The quantitative estimate of drug-likeness (QED) is 0.889. The first kappa shape index (κ1) is 17.1. The first-order chi connectivity index (χ1) is 12.7. The summed E-state index contributed by atoms with van der Waals surface area (Å²) in [5.41, 5.74) is 8.83. The molecule has 2 unspecified atom stereocenters. The molecule has 0 bridgehead atoms. The zero-order valence-corrected chi connectivity index (χ0v) is 14.6. The molecule has 2 fully saturated rings. The minimum Gasteiger partial charge on any atom is -0.341 e. The summed E-state index contributed by atoms with van der Waals surface area (Å²) in [4.78, 5) is 19.4. The van der Waals surface area contributed by atoms with Crippen molar-refractivity contribution >= 4 is 5.91 Å². The van der Waals surface area contributed by atoms with Crippen LogP contribution in [0, 0.1) is 5.82 Å². The molecule has 2 aliphatic heterocycles. The second kappa shape index (κ2) is 7.51. The Hall–Kier alpha value is -2.31. The summed E-state index contributed by atoms with van der Waals surface area (Å²) in [7, 11) is 0. The standard InChI is InChI=1S/C20H23FN4O/c21-16-8-6-14(7-9-16)17-4-1-5-18(23-17)15-3-2-12-25(13-15)20(26)19-10-11-22-24-19/h1,4-9,15,19,22,24H,2-3,10-13H2. The van der Waals surface area contributed by atoms with Crippen LogP contribution in [0.3, 0.4) is 0 Å². The fourth-order valence-corrected chi connectivity index (χ4v) is 3.77. The van der Waals surface area contributed by atoms with E-state index in [-0.39, 0.29) is 23.7 Å². The highest BCUT2D eigenvalue weighted by molar-refractivity contribution is 5.82. The molecule has 4 rings (SSSR count). The molecule has 2 N–H and O–H groups in total. The number of aromatic nitrogens is 1. The summed E-state index contributed by atoms with van der Waals surface area (Å²) < 4.78 is 13.2. The van der Waals surface area contributed by atoms with Crippen LogP contribution < -0.4 is 10.9 Å². The van der Waals surface area contributed by atoms with Gasteiger partial charge in [0, 0.05) is 36.8 Å². The van der Waals surface area contributed by atoms with Crippen molar-refractivity contribution in [2.45, 2.75) is 31.2 Å². The van der Waals surface area contributed by atoms with E-state index in [9.17, 15) is 9.18 Å². The van der Waals surface area contributed by atoms with Gasteiger partial charge in [0.2, 0.25) is 5.91 Å². The number of likely N-dealkylation sites (tertiary alicyclic amines) is 1. The Morgan fingerprint density at radius 3 is 2.77 bits per heavy atom. The Balaban J connectivity index is 1.50. The fourth-order valence-electron chi connectivity index (χ4n) is 3.77. The van der Waals surface area contributed by atoms with E-state index in [2.05, 4.69) is 10.9 Å². The normalized spacial score (nSPS) is 23.2. The first-order valence-corrected chi connectivity index (χ1v) is 9.21. The number of amides is 1. The van der Waals surface area contributed by atoms with Gasteiger partial charge in [0.25, 0.3) is 0 Å². The summed E-state index contributed by atoms with van der Waals surface area (Å²) >= 11 is 0. The molecule has 0 radical (unpaired) electrons. The molecular weight excluding hydrogens is 331 g/mol. The predicted molar refractivity (Wildman–Crippen MR) is 97.7 cm³/mol. The molecule has 2 aliphatic rings. The molecule has 26 heavy (non-hydrogen) atoms. The number of piperidine rings is 1. The summed E-state index contributed by atoms with van der Waals surface area (Å²) in [5.74, 6) is 0.165. The SMILES string of the molecule is O=C(C1CCNN1)N1CCCC(c2cccc(-c3ccc(F)cc3)n2)C1. The van der Waals surface area contributed by atoms with E-state index in [1.807, 2.05) is 23.1 Å². The molecule has 1 aromatic heterocycles. The van der Waals surface area contributed by atoms with Gasteiger partial charge in [-0.15, -0.1) is 0 Å². The number of nitrogens with one attached hydrogen (secondary N) is 2. The summed E-state index contributed by atoms with van der Waals surface area (Å²) in [6.45, 7) is 2.34. The molecule has 6 heteroatoms. The largest absolute Gasteiger partial charge is 0.341 e. The molecule has 5 nitrogen and oxygen atoms in total. The Morgan fingerprint density at radius 1 is 1.15 bits per heavy atom. The summed E-state index contributed by atoms with van der Waals surface area (Å²) in [6, 6.07) is 12.2. The number of hydrogen-bond donors (Lipinski definition) is 2. The lowest BCUT2D eigenvalue weighted by Crippen LogP contribution is -2.48. The Labute approximate surface area is 152 Å². The number of carbonyl (C=O) groups is 1. The van der Waals surface area contributed by atoms with Crippen LogP contribution in [0.2, 0.25) is 0 Å². The minimum atomic E-state index is -0.249. The number of hydrogen-bond acceptors (Lipinski definition) is 4. The molecule has 3 heterocycles. The molecular formula is C20H23FN4O. The van der Waals surface area contributed by atoms with Crippen molar-refractivity contribution in [2.75, 3.05) is 19.6 Å². The van der Waals surface area contributed by atoms with Crippen molar-refractivity contribution in [3.63, 3.8) is 0 Å². The maximum absolute atomic E-state index is 13.2. The van der Waals surface area contributed by atoms with Gasteiger partial charge in [-0.1, -0.05) is 6.07 Å². The number of halogens is 1.